The highest BCUT2D eigenvalue weighted by molar-refractivity contribution is 7.97. The molecule has 7 heavy (non-hydrogen) atoms. The molecule has 0 fully saturated rings. The van der Waals surface area contributed by atoms with Crippen LogP contribution in [0.5, 0.6) is 0 Å². The Balaban J connectivity index is 2.58. The SMILES string of the molecule is [CH2]C1=COSC=C1. The molecule has 1 nitrogen and oxygen atoms in total. The van der Waals surface area contributed by atoms with Gasteiger partial charge in [0.1, 0.15) is 6.26 Å². The second-order valence-corrected chi connectivity index (χ2v) is 1.85. The van der Waals surface area contributed by atoms with Gasteiger partial charge in [-0.05, 0) is 18.6 Å². The minimum Gasteiger partial charge on any atom is -0.429 e. The fraction of sp³-hybridized carbons (Fsp3) is 0. The van der Waals surface area contributed by atoms with Gasteiger partial charge >= 0.3 is 0 Å². The predicted octanol–water partition coefficient (Wildman–Crippen LogP) is 1.90. The average Bonchev–Trinajstić information content (AvgIpc) is 1.69. The van der Waals surface area contributed by atoms with Crippen LogP contribution in [0.2, 0.25) is 0 Å². The zero-order valence-electron chi connectivity index (χ0n) is 3.76. The fourth-order valence-corrected chi connectivity index (χ4v) is 0.750. The van der Waals surface area contributed by atoms with E-state index in [1.54, 1.807) is 6.26 Å². The van der Waals surface area contributed by atoms with E-state index in [1.807, 2.05) is 11.5 Å². The second kappa shape index (κ2) is 2.07. The predicted molar refractivity (Wildman–Crippen MR) is 31.3 cm³/mol. The van der Waals surface area contributed by atoms with Crippen LogP contribution in [0, 0.1) is 6.92 Å². The van der Waals surface area contributed by atoms with Gasteiger partial charge in [0, 0.05) is 5.41 Å². The zero-order chi connectivity index (χ0) is 5.11. The van der Waals surface area contributed by atoms with Crippen LogP contribution in [-0.2, 0) is 4.18 Å². The summed E-state index contributed by atoms with van der Waals surface area (Å²) in [6, 6.07) is 0. The first-order valence-corrected chi connectivity index (χ1v) is 2.71. The summed E-state index contributed by atoms with van der Waals surface area (Å²) < 4.78 is 4.79. The Hall–Kier alpha value is -0.370. The second-order valence-electron chi connectivity index (χ2n) is 1.19. The molecule has 0 spiro atoms. The molecule has 1 aliphatic rings. The summed E-state index contributed by atoms with van der Waals surface area (Å²) in [6.07, 6.45) is 3.51. The third-order valence-electron chi connectivity index (χ3n) is 0.593. The topological polar surface area (TPSA) is 9.23 Å². The van der Waals surface area contributed by atoms with Crippen molar-refractivity contribution >= 4 is 12.0 Å². The van der Waals surface area contributed by atoms with Crippen LogP contribution < -0.4 is 0 Å². The number of allylic oxidation sites excluding steroid dienone is 2. The summed E-state index contributed by atoms with van der Waals surface area (Å²) in [5.74, 6) is 0. The smallest absolute Gasteiger partial charge is 0.105 e. The molecule has 0 aromatic rings. The maximum Gasteiger partial charge on any atom is 0.105 e. The van der Waals surface area contributed by atoms with Crippen molar-refractivity contribution in [2.24, 2.45) is 0 Å². The highest BCUT2D eigenvalue weighted by Gasteiger charge is 1.87. The first-order valence-electron chi connectivity index (χ1n) is 1.90. The number of hydrogen-bond acceptors (Lipinski definition) is 2. The van der Waals surface area contributed by atoms with Crippen LogP contribution in [0.4, 0.5) is 0 Å². The minimum atomic E-state index is 0.916. The van der Waals surface area contributed by atoms with Crippen LogP contribution in [-0.4, -0.2) is 0 Å². The lowest BCUT2D eigenvalue weighted by molar-refractivity contribution is 0.565. The summed E-state index contributed by atoms with van der Waals surface area (Å²) in [5, 5.41) is 1.85. The van der Waals surface area contributed by atoms with Gasteiger partial charge in [0.05, 0.1) is 12.0 Å². The van der Waals surface area contributed by atoms with E-state index in [-0.39, 0.29) is 0 Å². The molecule has 0 saturated carbocycles. The molecule has 1 rings (SSSR count). The number of hydrogen-bond donors (Lipinski definition) is 0. The monoisotopic (exact) mass is 113 g/mol. The lowest BCUT2D eigenvalue weighted by atomic mass is 10.3. The molecule has 0 N–H and O–H groups in total. The minimum absolute atomic E-state index is 0.916. The Bertz CT molecular complexity index is 115. The van der Waals surface area contributed by atoms with Gasteiger partial charge in [0.25, 0.3) is 0 Å². The molecular formula is C5H5OS. The van der Waals surface area contributed by atoms with E-state index in [2.05, 4.69) is 6.92 Å². The van der Waals surface area contributed by atoms with Gasteiger partial charge in [-0.2, -0.15) is 0 Å². The van der Waals surface area contributed by atoms with Crippen LogP contribution in [0.1, 0.15) is 0 Å². The van der Waals surface area contributed by atoms with E-state index in [1.165, 1.54) is 12.0 Å². The normalized spacial score (nSPS) is 18.1. The highest BCUT2D eigenvalue weighted by Crippen LogP contribution is 2.13. The van der Waals surface area contributed by atoms with Crippen molar-refractivity contribution in [2.75, 3.05) is 0 Å². The van der Waals surface area contributed by atoms with E-state index in [4.69, 9.17) is 4.18 Å². The quantitative estimate of drug-likeness (QED) is 0.444. The first kappa shape index (κ1) is 4.78. The summed E-state index contributed by atoms with van der Waals surface area (Å²) >= 11 is 1.30. The third-order valence-corrected chi connectivity index (χ3v) is 1.05. The van der Waals surface area contributed by atoms with E-state index in [9.17, 15) is 0 Å². The number of rotatable bonds is 0. The molecule has 0 unspecified atom stereocenters. The summed E-state index contributed by atoms with van der Waals surface area (Å²) in [5.41, 5.74) is 0.916. The third kappa shape index (κ3) is 1.27. The zero-order valence-corrected chi connectivity index (χ0v) is 4.57. The van der Waals surface area contributed by atoms with Gasteiger partial charge in [-0.1, -0.05) is 0 Å². The van der Waals surface area contributed by atoms with Gasteiger partial charge in [0.15, 0.2) is 0 Å². The van der Waals surface area contributed by atoms with Crippen LogP contribution in [0.3, 0.4) is 0 Å². The van der Waals surface area contributed by atoms with E-state index in [0.717, 1.165) is 5.57 Å². The van der Waals surface area contributed by atoms with E-state index >= 15 is 0 Å². The van der Waals surface area contributed by atoms with Crippen molar-refractivity contribution in [1.29, 1.82) is 0 Å². The molecule has 0 aromatic carbocycles. The molecule has 0 atom stereocenters. The van der Waals surface area contributed by atoms with Gasteiger partial charge in [0.2, 0.25) is 0 Å². The van der Waals surface area contributed by atoms with Crippen molar-refractivity contribution in [3.8, 4) is 0 Å². The molecule has 0 amide bonds. The summed E-state index contributed by atoms with van der Waals surface area (Å²) in [7, 11) is 0. The van der Waals surface area contributed by atoms with Crippen molar-refractivity contribution in [3.63, 3.8) is 0 Å². The van der Waals surface area contributed by atoms with Gasteiger partial charge in [-0.15, -0.1) is 0 Å². The van der Waals surface area contributed by atoms with E-state index < -0.39 is 0 Å². The van der Waals surface area contributed by atoms with Crippen molar-refractivity contribution in [2.45, 2.75) is 0 Å². The van der Waals surface area contributed by atoms with E-state index in [0.29, 0.717) is 0 Å². The Morgan fingerprint density at radius 1 is 1.71 bits per heavy atom. The van der Waals surface area contributed by atoms with Crippen molar-refractivity contribution in [3.05, 3.63) is 30.2 Å². The maximum absolute atomic E-state index is 4.79. The lowest BCUT2D eigenvalue weighted by Crippen LogP contribution is -1.74. The van der Waals surface area contributed by atoms with Gasteiger partial charge in [-0.25, -0.2) is 0 Å². The summed E-state index contributed by atoms with van der Waals surface area (Å²) in [6.45, 7) is 3.63. The van der Waals surface area contributed by atoms with Crippen molar-refractivity contribution in [1.82, 2.24) is 0 Å². The molecule has 1 radical (unpaired) electrons. The average molecular weight is 113 g/mol. The lowest BCUT2D eigenvalue weighted by Gasteiger charge is -1.98. The van der Waals surface area contributed by atoms with Crippen LogP contribution in [0.15, 0.2) is 23.3 Å². The molecule has 0 bridgehead atoms. The molecule has 0 aromatic heterocycles. The Morgan fingerprint density at radius 2 is 2.57 bits per heavy atom. The Kier molecular flexibility index (Phi) is 1.42. The van der Waals surface area contributed by atoms with Gasteiger partial charge in [-0.3, -0.25) is 0 Å². The Morgan fingerprint density at radius 3 is 2.86 bits per heavy atom. The maximum atomic E-state index is 4.79. The van der Waals surface area contributed by atoms with Crippen molar-refractivity contribution < 1.29 is 4.18 Å². The summed E-state index contributed by atoms with van der Waals surface area (Å²) in [4.78, 5) is 0. The molecule has 1 heterocycles. The van der Waals surface area contributed by atoms with Crippen LogP contribution in [0.25, 0.3) is 0 Å². The molecule has 0 aliphatic carbocycles. The van der Waals surface area contributed by atoms with Crippen LogP contribution >= 0.6 is 12.0 Å². The molecule has 0 saturated heterocycles. The molecule has 2 heteroatoms. The molecular weight excluding hydrogens is 108 g/mol. The largest absolute Gasteiger partial charge is 0.429 e. The standard InChI is InChI=1S/C5H5OS/c1-5-2-3-7-6-4-5/h2-4H,1H2. The highest BCUT2D eigenvalue weighted by atomic mass is 32.2. The Labute approximate surface area is 47.3 Å². The molecule has 1 aliphatic heterocycles. The fourth-order valence-electron chi connectivity index (χ4n) is 0.276. The first-order chi connectivity index (χ1) is 3.39. The van der Waals surface area contributed by atoms with Gasteiger partial charge < -0.3 is 4.18 Å². The molecule has 37 valence electrons.